The Labute approximate surface area is 196 Å². The Morgan fingerprint density at radius 2 is 1.76 bits per heavy atom. The number of halogens is 1. The van der Waals surface area contributed by atoms with Gasteiger partial charge in [0.25, 0.3) is 10.0 Å². The van der Waals surface area contributed by atoms with Gasteiger partial charge < -0.3 is 4.74 Å². The number of hydrogen-bond acceptors (Lipinski definition) is 6. The zero-order chi connectivity index (χ0) is 24.5. The van der Waals surface area contributed by atoms with Gasteiger partial charge in [-0.3, -0.25) is 4.31 Å². The van der Waals surface area contributed by atoms with Crippen molar-refractivity contribution in [2.24, 2.45) is 0 Å². The Hall–Kier alpha value is -3.79. The number of aryl methyl sites for hydroxylation is 1. The van der Waals surface area contributed by atoms with E-state index >= 15 is 0 Å². The van der Waals surface area contributed by atoms with Crippen molar-refractivity contribution in [3.8, 4) is 11.3 Å². The fourth-order valence-electron chi connectivity index (χ4n) is 3.71. The predicted octanol–water partition coefficient (Wildman–Crippen LogP) is 4.26. The minimum absolute atomic E-state index is 0.0182. The second kappa shape index (κ2) is 9.22. The molecule has 34 heavy (non-hydrogen) atoms. The Morgan fingerprint density at radius 1 is 1.09 bits per heavy atom. The van der Waals surface area contributed by atoms with Crippen LogP contribution in [0.4, 0.5) is 10.1 Å². The summed E-state index contributed by atoms with van der Waals surface area (Å²) in [7, 11) is -2.83. The normalized spacial score (nSPS) is 11.5. The van der Waals surface area contributed by atoms with Crippen LogP contribution >= 0.6 is 0 Å². The number of pyridine rings is 1. The number of fused-ring (bicyclic) bond motifs is 1. The molecule has 0 radical (unpaired) electrons. The van der Waals surface area contributed by atoms with E-state index in [2.05, 4.69) is 10.1 Å². The highest BCUT2D eigenvalue weighted by Gasteiger charge is 2.31. The van der Waals surface area contributed by atoms with Crippen LogP contribution < -0.4 is 4.31 Å². The third kappa shape index (κ3) is 4.01. The van der Waals surface area contributed by atoms with Gasteiger partial charge in [0.05, 0.1) is 22.6 Å². The van der Waals surface area contributed by atoms with Gasteiger partial charge in [-0.25, -0.2) is 27.3 Å². The lowest BCUT2D eigenvalue weighted by Gasteiger charge is -2.23. The van der Waals surface area contributed by atoms with Gasteiger partial charge >= 0.3 is 5.97 Å². The molecule has 0 saturated carbocycles. The fraction of sp³-hybridized carbons (Fsp3) is 0.208. The molecule has 0 saturated heterocycles. The standard InChI is InChI=1S/C24H23FN4O4S/c1-4-29-23-20(21(27-29)16-9-7-6-8-10-16)22(19(15-26-23)24(30)33-5-2)28(3)34(31,32)18-13-11-17(25)12-14-18/h6-15H,4-5H2,1-3H3. The van der Waals surface area contributed by atoms with Crippen molar-refractivity contribution in [2.45, 2.75) is 25.3 Å². The first-order chi connectivity index (χ1) is 16.3. The maximum Gasteiger partial charge on any atom is 0.341 e. The SMILES string of the molecule is CCOC(=O)c1cnc2c(c(-c3ccccc3)nn2CC)c1N(C)S(=O)(=O)c1ccc(F)cc1. The van der Waals surface area contributed by atoms with E-state index in [9.17, 15) is 17.6 Å². The smallest absolute Gasteiger partial charge is 0.341 e. The average molecular weight is 483 g/mol. The number of carbonyl (C=O) groups is 1. The van der Waals surface area contributed by atoms with Crippen molar-refractivity contribution >= 4 is 32.7 Å². The van der Waals surface area contributed by atoms with Crippen LogP contribution in [0.5, 0.6) is 0 Å². The fourth-order valence-corrected chi connectivity index (χ4v) is 4.94. The molecule has 0 atom stereocenters. The molecule has 176 valence electrons. The second-order valence-corrected chi connectivity index (χ2v) is 9.37. The van der Waals surface area contributed by atoms with E-state index in [1.165, 1.54) is 25.4 Å². The summed E-state index contributed by atoms with van der Waals surface area (Å²) < 4.78 is 48.4. The Kier molecular flexibility index (Phi) is 6.34. The van der Waals surface area contributed by atoms with Gasteiger partial charge in [-0.15, -0.1) is 0 Å². The van der Waals surface area contributed by atoms with Crippen molar-refractivity contribution in [2.75, 3.05) is 18.0 Å². The van der Waals surface area contributed by atoms with E-state index in [4.69, 9.17) is 4.74 Å². The van der Waals surface area contributed by atoms with Crippen molar-refractivity contribution in [1.82, 2.24) is 14.8 Å². The Morgan fingerprint density at radius 3 is 2.38 bits per heavy atom. The van der Waals surface area contributed by atoms with E-state index in [-0.39, 0.29) is 22.8 Å². The van der Waals surface area contributed by atoms with E-state index in [0.29, 0.717) is 23.3 Å². The van der Waals surface area contributed by atoms with Gasteiger partial charge in [0.15, 0.2) is 5.65 Å². The lowest BCUT2D eigenvalue weighted by atomic mass is 10.1. The summed E-state index contributed by atoms with van der Waals surface area (Å²) in [4.78, 5) is 17.2. The predicted molar refractivity (Wildman–Crippen MR) is 127 cm³/mol. The molecule has 0 spiro atoms. The molecule has 2 aromatic heterocycles. The monoisotopic (exact) mass is 482 g/mol. The molecule has 2 aromatic carbocycles. The molecule has 0 aliphatic heterocycles. The number of esters is 1. The molecule has 0 N–H and O–H groups in total. The summed E-state index contributed by atoms with van der Waals surface area (Å²) in [5, 5.41) is 5.06. The summed E-state index contributed by atoms with van der Waals surface area (Å²) >= 11 is 0. The van der Waals surface area contributed by atoms with Crippen molar-refractivity contribution in [3.63, 3.8) is 0 Å². The summed E-state index contributed by atoms with van der Waals surface area (Å²) in [6.07, 6.45) is 1.30. The molecule has 0 fully saturated rings. The molecule has 4 rings (SSSR count). The van der Waals surface area contributed by atoms with Gasteiger partial charge in [-0.1, -0.05) is 30.3 Å². The molecular weight excluding hydrogens is 459 g/mol. The highest BCUT2D eigenvalue weighted by atomic mass is 32.2. The average Bonchev–Trinajstić information content (AvgIpc) is 3.23. The highest BCUT2D eigenvalue weighted by Crippen LogP contribution is 2.39. The van der Waals surface area contributed by atoms with Crippen LogP contribution in [0, 0.1) is 5.82 Å². The molecule has 0 aliphatic rings. The van der Waals surface area contributed by atoms with E-state index < -0.39 is 21.8 Å². The molecule has 0 unspecified atom stereocenters. The highest BCUT2D eigenvalue weighted by molar-refractivity contribution is 7.92. The van der Waals surface area contributed by atoms with Gasteiger partial charge in [0.2, 0.25) is 0 Å². The van der Waals surface area contributed by atoms with Crippen LogP contribution in [0.25, 0.3) is 22.3 Å². The first-order valence-electron chi connectivity index (χ1n) is 10.7. The van der Waals surface area contributed by atoms with Crippen LogP contribution in [0.15, 0.2) is 65.7 Å². The van der Waals surface area contributed by atoms with E-state index in [1.54, 1.807) is 11.6 Å². The van der Waals surface area contributed by atoms with Crippen LogP contribution in [0.1, 0.15) is 24.2 Å². The van der Waals surface area contributed by atoms with Crippen LogP contribution in [-0.2, 0) is 21.3 Å². The first-order valence-corrected chi connectivity index (χ1v) is 12.1. The summed E-state index contributed by atoms with van der Waals surface area (Å²) in [6, 6.07) is 13.7. The van der Waals surface area contributed by atoms with E-state index in [1.807, 2.05) is 37.3 Å². The maximum absolute atomic E-state index is 13.5. The molecule has 8 nitrogen and oxygen atoms in total. The number of rotatable bonds is 7. The quantitative estimate of drug-likeness (QED) is 0.366. The van der Waals surface area contributed by atoms with Crippen molar-refractivity contribution < 1.29 is 22.3 Å². The Bertz CT molecular complexity index is 1450. The lowest BCUT2D eigenvalue weighted by molar-refractivity contribution is 0.0527. The number of carbonyl (C=O) groups excluding carboxylic acids is 1. The van der Waals surface area contributed by atoms with Crippen molar-refractivity contribution in [1.29, 1.82) is 0 Å². The topological polar surface area (TPSA) is 94.4 Å². The second-order valence-electron chi connectivity index (χ2n) is 7.40. The number of benzene rings is 2. The third-order valence-electron chi connectivity index (χ3n) is 5.36. The van der Waals surface area contributed by atoms with Crippen LogP contribution in [-0.4, -0.2) is 42.8 Å². The number of ether oxygens (including phenoxy) is 1. The third-order valence-corrected chi connectivity index (χ3v) is 7.13. The maximum atomic E-state index is 13.5. The summed E-state index contributed by atoms with van der Waals surface area (Å²) in [5.41, 5.74) is 1.70. The molecule has 10 heteroatoms. The van der Waals surface area contributed by atoms with Gasteiger partial charge in [0.1, 0.15) is 17.1 Å². The van der Waals surface area contributed by atoms with E-state index in [0.717, 1.165) is 22.0 Å². The number of sulfonamides is 1. The lowest BCUT2D eigenvalue weighted by Crippen LogP contribution is -2.29. The summed E-state index contributed by atoms with van der Waals surface area (Å²) in [6.45, 7) is 4.13. The minimum atomic E-state index is -4.17. The number of aromatic nitrogens is 3. The number of nitrogens with zero attached hydrogens (tertiary/aromatic N) is 4. The number of hydrogen-bond donors (Lipinski definition) is 0. The molecular formula is C24H23FN4O4S. The molecule has 0 aliphatic carbocycles. The van der Waals surface area contributed by atoms with Crippen molar-refractivity contribution in [3.05, 3.63) is 72.2 Å². The first kappa shape index (κ1) is 23.4. The molecule has 4 aromatic rings. The Balaban J connectivity index is 2.06. The molecule has 0 amide bonds. The van der Waals surface area contributed by atoms with Gasteiger partial charge in [0, 0.05) is 25.4 Å². The molecule has 2 heterocycles. The zero-order valence-electron chi connectivity index (χ0n) is 18.9. The van der Waals surface area contributed by atoms with Gasteiger partial charge in [-0.05, 0) is 38.1 Å². The van der Waals surface area contributed by atoms with Crippen LogP contribution in [0.3, 0.4) is 0 Å². The van der Waals surface area contributed by atoms with Crippen LogP contribution in [0.2, 0.25) is 0 Å². The minimum Gasteiger partial charge on any atom is -0.462 e. The van der Waals surface area contributed by atoms with Gasteiger partial charge in [-0.2, -0.15) is 5.10 Å². The summed E-state index contributed by atoms with van der Waals surface area (Å²) in [5.74, 6) is -1.27. The molecule has 0 bridgehead atoms. The largest absolute Gasteiger partial charge is 0.462 e. The zero-order valence-corrected chi connectivity index (χ0v) is 19.7. The number of anilines is 1.